The highest BCUT2D eigenvalue weighted by molar-refractivity contribution is 5.83. The molecule has 1 heterocycles. The van der Waals surface area contributed by atoms with Crippen LogP contribution in [0.5, 0.6) is 0 Å². The Hall–Kier alpha value is -1.14. The zero-order valence-electron chi connectivity index (χ0n) is 10.5. The van der Waals surface area contributed by atoms with Gasteiger partial charge in [0.1, 0.15) is 6.04 Å². The number of rotatable bonds is 5. The molecule has 0 radical (unpaired) electrons. The van der Waals surface area contributed by atoms with Gasteiger partial charge in [-0.25, -0.2) is 0 Å². The Bertz CT molecular complexity index is 275. The van der Waals surface area contributed by atoms with E-state index >= 15 is 0 Å². The SMILES string of the molecule is CC(NC(=O)CCN1CCN(C)CC1)C(=O)O. The summed E-state index contributed by atoms with van der Waals surface area (Å²) in [6.45, 7) is 6.15. The summed E-state index contributed by atoms with van der Waals surface area (Å²) in [5.41, 5.74) is 0. The zero-order chi connectivity index (χ0) is 12.8. The van der Waals surface area contributed by atoms with Gasteiger partial charge >= 0.3 is 5.97 Å². The number of carboxylic acids is 1. The van der Waals surface area contributed by atoms with Gasteiger partial charge in [-0.2, -0.15) is 0 Å². The van der Waals surface area contributed by atoms with Crippen molar-refractivity contribution >= 4 is 11.9 Å². The lowest BCUT2D eigenvalue weighted by Crippen LogP contribution is -2.46. The maximum absolute atomic E-state index is 11.5. The maximum Gasteiger partial charge on any atom is 0.325 e. The first-order valence-corrected chi connectivity index (χ1v) is 5.92. The van der Waals surface area contributed by atoms with Gasteiger partial charge in [0.15, 0.2) is 0 Å². The zero-order valence-corrected chi connectivity index (χ0v) is 10.5. The van der Waals surface area contributed by atoms with E-state index in [2.05, 4.69) is 22.2 Å². The molecule has 0 aromatic heterocycles. The predicted octanol–water partition coefficient (Wildman–Crippen LogP) is -0.787. The van der Waals surface area contributed by atoms with Gasteiger partial charge in [-0.1, -0.05) is 0 Å². The first-order chi connectivity index (χ1) is 7.99. The minimum absolute atomic E-state index is 0.196. The Labute approximate surface area is 102 Å². The third kappa shape index (κ3) is 5.14. The summed E-state index contributed by atoms with van der Waals surface area (Å²) < 4.78 is 0. The molecule has 1 aliphatic heterocycles. The Kier molecular flexibility index (Phi) is 5.37. The standard InChI is InChI=1S/C11H21N3O3/c1-9(11(16)17)12-10(15)3-4-14-7-5-13(2)6-8-14/h9H,3-8H2,1-2H3,(H,12,15)(H,16,17). The lowest BCUT2D eigenvalue weighted by molar-refractivity contribution is -0.141. The van der Waals surface area contributed by atoms with Crippen LogP contribution in [0.1, 0.15) is 13.3 Å². The van der Waals surface area contributed by atoms with Crippen LogP contribution < -0.4 is 5.32 Å². The van der Waals surface area contributed by atoms with Crippen LogP contribution in [0.25, 0.3) is 0 Å². The molecule has 1 rings (SSSR count). The molecule has 6 nitrogen and oxygen atoms in total. The minimum Gasteiger partial charge on any atom is -0.480 e. The Balaban J connectivity index is 2.17. The van der Waals surface area contributed by atoms with Crippen molar-refractivity contribution in [2.24, 2.45) is 0 Å². The van der Waals surface area contributed by atoms with Crippen LogP contribution in [-0.4, -0.2) is 72.6 Å². The van der Waals surface area contributed by atoms with Crippen molar-refractivity contribution in [3.63, 3.8) is 0 Å². The normalized spacial score (nSPS) is 19.9. The van der Waals surface area contributed by atoms with Crippen molar-refractivity contribution < 1.29 is 14.7 Å². The maximum atomic E-state index is 11.5. The van der Waals surface area contributed by atoms with E-state index in [1.165, 1.54) is 6.92 Å². The highest BCUT2D eigenvalue weighted by atomic mass is 16.4. The van der Waals surface area contributed by atoms with Crippen molar-refractivity contribution in [1.82, 2.24) is 15.1 Å². The minimum atomic E-state index is -1.00. The molecule has 6 heteroatoms. The van der Waals surface area contributed by atoms with Gasteiger partial charge in [-0.3, -0.25) is 9.59 Å². The number of nitrogens with one attached hydrogen (secondary N) is 1. The molecule has 0 aliphatic carbocycles. The lowest BCUT2D eigenvalue weighted by Gasteiger charge is -2.32. The molecule has 1 unspecified atom stereocenters. The second-order valence-corrected chi connectivity index (χ2v) is 4.52. The van der Waals surface area contributed by atoms with Crippen molar-refractivity contribution in [1.29, 1.82) is 0 Å². The van der Waals surface area contributed by atoms with Gasteiger partial charge in [-0.05, 0) is 14.0 Å². The van der Waals surface area contributed by atoms with Gasteiger partial charge in [0.2, 0.25) is 5.91 Å². The van der Waals surface area contributed by atoms with E-state index in [-0.39, 0.29) is 5.91 Å². The van der Waals surface area contributed by atoms with Crippen molar-refractivity contribution in [2.75, 3.05) is 39.8 Å². The van der Waals surface area contributed by atoms with E-state index in [1.54, 1.807) is 0 Å². The molecule has 98 valence electrons. The second-order valence-electron chi connectivity index (χ2n) is 4.52. The quantitative estimate of drug-likeness (QED) is 0.662. The summed E-state index contributed by atoms with van der Waals surface area (Å²) >= 11 is 0. The molecule has 0 bridgehead atoms. The molecule has 2 N–H and O–H groups in total. The van der Waals surface area contributed by atoms with E-state index in [0.717, 1.165) is 26.2 Å². The molecular weight excluding hydrogens is 222 g/mol. The number of piperazine rings is 1. The molecule has 1 fully saturated rings. The Morgan fingerprint density at radius 1 is 1.29 bits per heavy atom. The largest absolute Gasteiger partial charge is 0.480 e. The molecule has 1 amide bonds. The molecule has 17 heavy (non-hydrogen) atoms. The van der Waals surface area contributed by atoms with E-state index in [9.17, 15) is 9.59 Å². The summed E-state index contributed by atoms with van der Waals surface area (Å²) in [4.78, 5) is 26.5. The van der Waals surface area contributed by atoms with Gasteiger partial charge in [0, 0.05) is 39.1 Å². The fourth-order valence-electron chi connectivity index (χ4n) is 1.71. The fraction of sp³-hybridized carbons (Fsp3) is 0.818. The van der Waals surface area contributed by atoms with Crippen LogP contribution in [0.15, 0.2) is 0 Å². The van der Waals surface area contributed by atoms with Crippen LogP contribution in [0.4, 0.5) is 0 Å². The van der Waals surface area contributed by atoms with Gasteiger partial charge in [-0.15, -0.1) is 0 Å². The third-order valence-electron chi connectivity index (χ3n) is 3.00. The highest BCUT2D eigenvalue weighted by Gasteiger charge is 2.17. The highest BCUT2D eigenvalue weighted by Crippen LogP contribution is 2.00. The summed E-state index contributed by atoms with van der Waals surface area (Å²) in [7, 11) is 2.08. The molecule has 0 saturated carbocycles. The number of hydrogen-bond donors (Lipinski definition) is 2. The van der Waals surface area contributed by atoms with Crippen LogP contribution >= 0.6 is 0 Å². The number of nitrogens with zero attached hydrogens (tertiary/aromatic N) is 2. The van der Waals surface area contributed by atoms with Gasteiger partial charge in [0.05, 0.1) is 0 Å². The molecule has 1 saturated heterocycles. The molecular formula is C11H21N3O3. The first-order valence-electron chi connectivity index (χ1n) is 5.92. The summed E-state index contributed by atoms with van der Waals surface area (Å²) in [6, 6.07) is -0.810. The lowest BCUT2D eigenvalue weighted by atomic mass is 10.2. The van der Waals surface area contributed by atoms with Crippen molar-refractivity contribution in [2.45, 2.75) is 19.4 Å². The van der Waals surface area contributed by atoms with Crippen LogP contribution in [0, 0.1) is 0 Å². The average molecular weight is 243 g/mol. The number of likely N-dealkylation sites (N-methyl/N-ethyl adjacent to an activating group) is 1. The molecule has 0 aromatic carbocycles. The monoisotopic (exact) mass is 243 g/mol. The summed E-state index contributed by atoms with van der Waals surface area (Å²) in [5, 5.41) is 11.1. The van der Waals surface area contributed by atoms with E-state index < -0.39 is 12.0 Å². The van der Waals surface area contributed by atoms with Crippen molar-refractivity contribution in [3.05, 3.63) is 0 Å². The van der Waals surface area contributed by atoms with E-state index in [1.807, 2.05) is 0 Å². The van der Waals surface area contributed by atoms with Gasteiger partial charge in [0.25, 0.3) is 0 Å². The van der Waals surface area contributed by atoms with Gasteiger partial charge < -0.3 is 20.2 Å². The Morgan fingerprint density at radius 3 is 2.41 bits per heavy atom. The number of aliphatic carboxylic acids is 1. The van der Waals surface area contributed by atoms with Crippen molar-refractivity contribution in [3.8, 4) is 0 Å². The molecule has 1 aliphatic rings. The van der Waals surface area contributed by atoms with E-state index in [0.29, 0.717) is 13.0 Å². The van der Waals surface area contributed by atoms with Crippen LogP contribution in [0.2, 0.25) is 0 Å². The average Bonchev–Trinajstić information content (AvgIpc) is 2.28. The molecule has 0 spiro atoms. The fourth-order valence-corrected chi connectivity index (χ4v) is 1.71. The molecule has 0 aromatic rings. The number of carbonyl (C=O) groups excluding carboxylic acids is 1. The molecule has 1 atom stereocenters. The van der Waals surface area contributed by atoms with Crippen LogP contribution in [-0.2, 0) is 9.59 Å². The number of amides is 1. The van der Waals surface area contributed by atoms with Crippen LogP contribution in [0.3, 0.4) is 0 Å². The first kappa shape index (κ1) is 13.9. The summed E-state index contributed by atoms with van der Waals surface area (Å²) in [5.74, 6) is -1.20. The predicted molar refractivity (Wildman–Crippen MR) is 63.8 cm³/mol. The topological polar surface area (TPSA) is 72.9 Å². The number of hydrogen-bond acceptors (Lipinski definition) is 4. The number of carbonyl (C=O) groups is 2. The summed E-state index contributed by atoms with van der Waals surface area (Å²) in [6.07, 6.45) is 0.362. The Morgan fingerprint density at radius 2 is 1.88 bits per heavy atom. The second kappa shape index (κ2) is 6.56. The third-order valence-corrected chi connectivity index (χ3v) is 3.00. The van der Waals surface area contributed by atoms with E-state index in [4.69, 9.17) is 5.11 Å². The number of carboxylic acid groups (broad SMARTS) is 1. The smallest absolute Gasteiger partial charge is 0.325 e.